The Morgan fingerprint density at radius 1 is 1.27 bits per heavy atom. The Bertz CT molecular complexity index is 931. The summed E-state index contributed by atoms with van der Waals surface area (Å²) < 4.78 is 10.7. The molecule has 1 aromatic heterocycles. The van der Waals surface area contributed by atoms with Gasteiger partial charge in [0.2, 0.25) is 5.91 Å². The van der Waals surface area contributed by atoms with E-state index in [4.69, 9.17) is 9.15 Å². The van der Waals surface area contributed by atoms with Crippen molar-refractivity contribution < 1.29 is 23.7 Å². The Hall–Kier alpha value is -3.42. The van der Waals surface area contributed by atoms with Gasteiger partial charge in [-0.15, -0.1) is 0 Å². The first-order valence-corrected chi connectivity index (χ1v) is 8.04. The van der Waals surface area contributed by atoms with Gasteiger partial charge in [0.1, 0.15) is 18.1 Å². The van der Waals surface area contributed by atoms with Crippen molar-refractivity contribution in [2.24, 2.45) is 0 Å². The summed E-state index contributed by atoms with van der Waals surface area (Å²) in [7, 11) is 0. The number of nitrogens with zero attached hydrogens (tertiary/aromatic N) is 2. The van der Waals surface area contributed by atoms with Gasteiger partial charge < -0.3 is 14.1 Å². The van der Waals surface area contributed by atoms with E-state index in [-0.39, 0.29) is 35.5 Å². The number of rotatable bonds is 5. The largest absolute Gasteiger partial charge is 0.465 e. The number of fused-ring (bicyclic) bond motifs is 1. The summed E-state index contributed by atoms with van der Waals surface area (Å²) in [5, 5.41) is 11.1. The summed E-state index contributed by atoms with van der Waals surface area (Å²) in [6, 6.07) is 9.42. The average Bonchev–Trinajstić information content (AvgIpc) is 3.25. The van der Waals surface area contributed by atoms with Crippen LogP contribution >= 0.6 is 0 Å². The molecule has 4 rings (SSSR count). The van der Waals surface area contributed by atoms with Crippen molar-refractivity contribution in [3.8, 4) is 0 Å². The topological polar surface area (TPSA) is 103 Å². The fraction of sp³-hybridized carbons (Fsp3) is 0.222. The van der Waals surface area contributed by atoms with Crippen molar-refractivity contribution in [3.63, 3.8) is 0 Å². The van der Waals surface area contributed by atoms with Crippen LogP contribution < -0.4 is 0 Å². The summed E-state index contributed by atoms with van der Waals surface area (Å²) in [6.45, 7) is -0.252. The van der Waals surface area contributed by atoms with Crippen LogP contribution in [0, 0.1) is 10.1 Å². The molecule has 2 aliphatic rings. The first-order valence-electron chi connectivity index (χ1n) is 8.04. The molecule has 1 amide bonds. The maximum Gasteiger partial charge on any atom is 0.355 e. The van der Waals surface area contributed by atoms with E-state index in [1.54, 1.807) is 24.3 Å². The van der Waals surface area contributed by atoms with E-state index in [9.17, 15) is 19.7 Å². The number of esters is 1. The van der Waals surface area contributed by atoms with Gasteiger partial charge in [0.05, 0.1) is 22.8 Å². The van der Waals surface area contributed by atoms with Gasteiger partial charge in [-0.05, 0) is 24.6 Å². The Kier molecular flexibility index (Phi) is 3.80. The SMILES string of the molecule is O=C(OCc1ccccc1[N+](=O)[O-])C1=C(c2ccco2)C[C@@H]2CC(=O)N12. The minimum Gasteiger partial charge on any atom is -0.465 e. The summed E-state index contributed by atoms with van der Waals surface area (Å²) in [5.74, 6) is -0.316. The lowest BCUT2D eigenvalue weighted by molar-refractivity contribution is -0.385. The predicted molar refractivity (Wildman–Crippen MR) is 88.4 cm³/mol. The molecule has 0 aliphatic carbocycles. The van der Waals surface area contributed by atoms with E-state index in [0.29, 0.717) is 24.2 Å². The number of furan rings is 1. The van der Waals surface area contributed by atoms with Crippen molar-refractivity contribution in [1.29, 1.82) is 0 Å². The highest BCUT2D eigenvalue weighted by atomic mass is 16.6. The molecule has 0 N–H and O–H groups in total. The number of nitro benzene ring substituents is 1. The monoisotopic (exact) mass is 354 g/mol. The number of β-lactam (4-membered cyclic amide) rings is 1. The molecule has 3 heterocycles. The molecule has 0 unspecified atom stereocenters. The van der Waals surface area contributed by atoms with Gasteiger partial charge in [-0.2, -0.15) is 0 Å². The second-order valence-corrected chi connectivity index (χ2v) is 6.09. The van der Waals surface area contributed by atoms with Gasteiger partial charge in [-0.1, -0.05) is 12.1 Å². The Morgan fingerprint density at radius 2 is 2.08 bits per heavy atom. The third kappa shape index (κ3) is 2.55. The number of para-hydroxylation sites is 1. The molecule has 26 heavy (non-hydrogen) atoms. The first kappa shape index (κ1) is 16.1. The summed E-state index contributed by atoms with van der Waals surface area (Å²) in [4.78, 5) is 36.6. The van der Waals surface area contributed by atoms with Crippen LogP contribution in [-0.4, -0.2) is 27.7 Å². The highest BCUT2D eigenvalue weighted by molar-refractivity contribution is 6.05. The number of hydrogen-bond acceptors (Lipinski definition) is 6. The average molecular weight is 354 g/mol. The predicted octanol–water partition coefficient (Wildman–Crippen LogP) is 2.65. The van der Waals surface area contributed by atoms with Gasteiger partial charge in [-0.25, -0.2) is 4.79 Å². The summed E-state index contributed by atoms with van der Waals surface area (Å²) >= 11 is 0. The number of benzene rings is 1. The van der Waals surface area contributed by atoms with Gasteiger partial charge in [0.25, 0.3) is 5.69 Å². The van der Waals surface area contributed by atoms with Crippen LogP contribution in [0.1, 0.15) is 24.2 Å². The van der Waals surface area contributed by atoms with Crippen molar-refractivity contribution in [2.75, 3.05) is 0 Å². The van der Waals surface area contributed by atoms with Crippen molar-refractivity contribution in [2.45, 2.75) is 25.5 Å². The normalized spacial score (nSPS) is 18.5. The van der Waals surface area contributed by atoms with Gasteiger partial charge >= 0.3 is 5.97 Å². The molecule has 132 valence electrons. The van der Waals surface area contributed by atoms with E-state index in [1.165, 1.54) is 23.3 Å². The molecule has 1 atom stereocenters. The number of nitro groups is 1. The van der Waals surface area contributed by atoms with Crippen LogP contribution in [-0.2, 0) is 20.9 Å². The molecule has 0 spiro atoms. The van der Waals surface area contributed by atoms with E-state index in [2.05, 4.69) is 0 Å². The van der Waals surface area contributed by atoms with E-state index in [1.807, 2.05) is 0 Å². The zero-order chi connectivity index (χ0) is 18.3. The minimum atomic E-state index is -0.690. The lowest BCUT2D eigenvalue weighted by atomic mass is 10.0. The second kappa shape index (κ2) is 6.14. The number of ether oxygens (including phenoxy) is 1. The van der Waals surface area contributed by atoms with Crippen LogP contribution in [0.15, 0.2) is 52.8 Å². The summed E-state index contributed by atoms with van der Waals surface area (Å²) in [6.07, 6.45) is 2.40. The van der Waals surface area contributed by atoms with Crippen molar-refractivity contribution in [3.05, 3.63) is 69.8 Å². The molecule has 0 radical (unpaired) electrons. The van der Waals surface area contributed by atoms with Gasteiger partial charge in [0, 0.05) is 18.1 Å². The lowest BCUT2D eigenvalue weighted by Crippen LogP contribution is -2.49. The van der Waals surface area contributed by atoms with Crippen LogP contribution in [0.5, 0.6) is 0 Å². The zero-order valence-corrected chi connectivity index (χ0v) is 13.6. The van der Waals surface area contributed by atoms with Crippen LogP contribution in [0.2, 0.25) is 0 Å². The number of carbonyl (C=O) groups is 2. The standard InChI is InChI=1S/C18H14N2O6/c21-16-9-12-8-13(15-6-3-7-25-15)17(19(12)16)18(22)26-10-11-4-1-2-5-14(11)20(23)24/h1-7,12H,8-10H2/t12-/m1/s1. The molecule has 0 bridgehead atoms. The smallest absolute Gasteiger partial charge is 0.355 e. The Balaban J connectivity index is 1.59. The number of hydrogen-bond donors (Lipinski definition) is 0. The first-order chi connectivity index (χ1) is 12.6. The lowest BCUT2D eigenvalue weighted by Gasteiger charge is -2.35. The van der Waals surface area contributed by atoms with E-state index < -0.39 is 10.9 Å². The fourth-order valence-corrected chi connectivity index (χ4v) is 3.34. The molecule has 0 saturated carbocycles. The molecule has 8 nitrogen and oxygen atoms in total. The maximum atomic E-state index is 12.7. The van der Waals surface area contributed by atoms with Crippen molar-refractivity contribution in [1.82, 2.24) is 4.90 Å². The molecule has 8 heteroatoms. The minimum absolute atomic E-state index is 0.0591. The van der Waals surface area contributed by atoms with Crippen LogP contribution in [0.3, 0.4) is 0 Å². The number of amides is 1. The fourth-order valence-electron chi connectivity index (χ4n) is 3.34. The third-order valence-electron chi connectivity index (χ3n) is 4.57. The molecule has 2 aromatic rings. The highest BCUT2D eigenvalue weighted by Gasteiger charge is 2.48. The second-order valence-electron chi connectivity index (χ2n) is 6.09. The quantitative estimate of drug-likeness (QED) is 0.354. The molecular weight excluding hydrogens is 340 g/mol. The Morgan fingerprint density at radius 3 is 2.77 bits per heavy atom. The van der Waals surface area contributed by atoms with E-state index >= 15 is 0 Å². The van der Waals surface area contributed by atoms with Gasteiger partial charge in [-0.3, -0.25) is 14.9 Å². The maximum absolute atomic E-state index is 12.7. The van der Waals surface area contributed by atoms with Crippen LogP contribution in [0.25, 0.3) is 5.57 Å². The molecule has 1 saturated heterocycles. The number of carbonyl (C=O) groups excluding carboxylic acids is 2. The Labute approximate surface area is 147 Å². The summed E-state index contributed by atoms with van der Waals surface area (Å²) in [5.41, 5.74) is 0.957. The zero-order valence-electron chi connectivity index (χ0n) is 13.6. The molecule has 1 aromatic carbocycles. The third-order valence-corrected chi connectivity index (χ3v) is 4.57. The highest BCUT2D eigenvalue weighted by Crippen LogP contribution is 2.43. The van der Waals surface area contributed by atoms with Gasteiger partial charge in [0.15, 0.2) is 0 Å². The molecular formula is C18H14N2O6. The van der Waals surface area contributed by atoms with Crippen molar-refractivity contribution >= 4 is 23.1 Å². The van der Waals surface area contributed by atoms with E-state index in [0.717, 1.165) is 0 Å². The molecule has 1 fully saturated rings. The molecule has 2 aliphatic heterocycles. The van der Waals surface area contributed by atoms with Crippen LogP contribution in [0.4, 0.5) is 5.69 Å².